The zero-order chi connectivity index (χ0) is 22.1. The van der Waals surface area contributed by atoms with Gasteiger partial charge in [-0.1, -0.05) is 13.0 Å². The maximum Gasteiger partial charge on any atom is 0.161 e. The molecule has 0 unspecified atom stereocenters. The number of benzene rings is 2. The van der Waals surface area contributed by atoms with Gasteiger partial charge in [-0.05, 0) is 60.8 Å². The molecule has 1 radical (unpaired) electrons. The largest absolute Gasteiger partial charge is 0.542 e. The molecular formula is C24H32NO5Y-. The van der Waals surface area contributed by atoms with Gasteiger partial charge in [-0.3, -0.25) is 11.2 Å². The van der Waals surface area contributed by atoms with E-state index in [1.54, 1.807) is 41.6 Å². The third kappa shape index (κ3) is 6.93. The summed E-state index contributed by atoms with van der Waals surface area (Å²) in [6.07, 6.45) is 4.09. The van der Waals surface area contributed by atoms with Crippen molar-refractivity contribution in [3.63, 3.8) is 0 Å². The smallest absolute Gasteiger partial charge is 0.161 e. The molecule has 0 spiro atoms. The van der Waals surface area contributed by atoms with Crippen molar-refractivity contribution in [3.05, 3.63) is 47.0 Å². The van der Waals surface area contributed by atoms with E-state index in [0.717, 1.165) is 42.4 Å². The molecule has 0 saturated carbocycles. The number of rotatable bonds is 7. The molecule has 0 aromatic heterocycles. The second-order valence-corrected chi connectivity index (χ2v) is 7.04. The first-order valence-electron chi connectivity index (χ1n) is 10.0. The molecule has 6 nitrogen and oxygen atoms in total. The molecule has 0 aliphatic carbocycles. The van der Waals surface area contributed by atoms with Crippen molar-refractivity contribution < 1.29 is 56.5 Å². The molecule has 1 aliphatic rings. The van der Waals surface area contributed by atoms with Gasteiger partial charge >= 0.3 is 0 Å². The summed E-state index contributed by atoms with van der Waals surface area (Å²) >= 11 is 0. The molecule has 0 fully saturated rings. The molecule has 7 heteroatoms. The Hall–Kier alpha value is -1.63. The molecule has 0 bridgehead atoms. The Morgan fingerprint density at radius 2 is 1.48 bits per heavy atom. The Balaban J connectivity index is 0.000000885. The Morgan fingerprint density at radius 3 is 2.03 bits per heavy atom. The average molecular weight is 503 g/mol. The van der Waals surface area contributed by atoms with E-state index < -0.39 is 0 Å². The molecule has 0 N–H and O–H groups in total. The molecule has 1 heterocycles. The summed E-state index contributed by atoms with van der Waals surface area (Å²) in [7, 11) is 8.86. The molecule has 2 aromatic rings. The quantitative estimate of drug-likeness (QED) is 0.533. The Morgan fingerprint density at radius 1 is 0.935 bits per heavy atom. The standard InChI is InChI=1S/C21H27NO4.C3H5O.Y/c1-22-9-8-15-12-20(25-4)21(26-5)13-16(15)17(22)10-14-6-7-18(23-2)19(11-14)24-3;1-2-3-4;/h6-7,11-13,17H,8-10H2,1-5H3;2H2,1H3;/q;-1;/t17-;;/m1../s1. The van der Waals surface area contributed by atoms with Crippen LogP contribution in [-0.4, -0.2) is 53.2 Å². The minimum Gasteiger partial charge on any atom is -0.542 e. The predicted molar refractivity (Wildman–Crippen MR) is 118 cm³/mol. The van der Waals surface area contributed by atoms with Crippen molar-refractivity contribution in [1.82, 2.24) is 4.90 Å². The van der Waals surface area contributed by atoms with E-state index in [2.05, 4.69) is 36.2 Å². The fraction of sp³-hybridized carbons (Fsp3) is 0.458. The predicted octanol–water partition coefficient (Wildman–Crippen LogP) is 4.00. The molecule has 31 heavy (non-hydrogen) atoms. The summed E-state index contributed by atoms with van der Waals surface area (Å²) in [5.74, 6) is 3.08. The zero-order valence-electron chi connectivity index (χ0n) is 19.4. The van der Waals surface area contributed by atoms with Gasteiger partial charge in [0.25, 0.3) is 0 Å². The number of fused-ring (bicyclic) bond motifs is 1. The first-order valence-corrected chi connectivity index (χ1v) is 10.0. The van der Waals surface area contributed by atoms with Gasteiger partial charge in [-0.15, -0.1) is 0 Å². The second-order valence-electron chi connectivity index (χ2n) is 7.04. The maximum atomic E-state index is 9.05. The number of methoxy groups -OCH3 is 4. The van der Waals surface area contributed by atoms with E-state index in [-0.39, 0.29) is 38.8 Å². The zero-order valence-corrected chi connectivity index (χ0v) is 22.2. The van der Waals surface area contributed by atoms with Crippen LogP contribution in [0.3, 0.4) is 0 Å². The third-order valence-electron chi connectivity index (χ3n) is 5.29. The summed E-state index contributed by atoms with van der Waals surface area (Å²) in [5, 5.41) is 0. The minimum atomic E-state index is 0. The van der Waals surface area contributed by atoms with Crippen molar-refractivity contribution in [2.24, 2.45) is 0 Å². The van der Waals surface area contributed by atoms with Crippen molar-refractivity contribution >= 4 is 6.29 Å². The third-order valence-corrected chi connectivity index (χ3v) is 5.29. The van der Waals surface area contributed by atoms with E-state index in [1.165, 1.54) is 16.7 Å². The average Bonchev–Trinajstić information content (AvgIpc) is 2.79. The SMILES string of the molecule is CC[C-]=O.COc1ccc(C[C@@H]2c3cc(OC)c(OC)cc3CCN2C)cc1OC.[Y]. The van der Waals surface area contributed by atoms with Gasteiger partial charge in [-0.2, -0.15) is 6.42 Å². The van der Waals surface area contributed by atoms with Crippen molar-refractivity contribution in [2.75, 3.05) is 42.0 Å². The molecule has 0 amide bonds. The van der Waals surface area contributed by atoms with Crippen LogP contribution in [0.5, 0.6) is 23.0 Å². The number of hydrogen-bond donors (Lipinski definition) is 0. The second kappa shape index (κ2) is 13.7. The van der Waals surface area contributed by atoms with E-state index >= 15 is 0 Å². The fourth-order valence-corrected chi connectivity index (χ4v) is 3.65. The number of hydrogen-bond acceptors (Lipinski definition) is 6. The van der Waals surface area contributed by atoms with Crippen molar-refractivity contribution in [3.8, 4) is 23.0 Å². The van der Waals surface area contributed by atoms with Gasteiger partial charge in [-0.25, -0.2) is 0 Å². The van der Waals surface area contributed by atoms with Gasteiger partial charge in [0.1, 0.15) is 0 Å². The van der Waals surface area contributed by atoms with E-state index in [1.807, 2.05) is 6.07 Å². The Kier molecular flexibility index (Phi) is 12.1. The van der Waals surface area contributed by atoms with Crippen LogP contribution in [-0.2, 0) is 50.3 Å². The fourth-order valence-electron chi connectivity index (χ4n) is 3.65. The number of nitrogens with zero attached hydrogens (tertiary/aromatic N) is 1. The summed E-state index contributed by atoms with van der Waals surface area (Å²) in [5.41, 5.74) is 3.83. The van der Waals surface area contributed by atoms with Crippen molar-refractivity contribution in [1.29, 1.82) is 0 Å². The molecule has 1 atom stereocenters. The van der Waals surface area contributed by atoms with Gasteiger partial charge in [0.15, 0.2) is 23.0 Å². The van der Waals surface area contributed by atoms with Gasteiger partial charge < -0.3 is 23.7 Å². The molecular weight excluding hydrogens is 471 g/mol. The number of ether oxygens (including phenoxy) is 4. The van der Waals surface area contributed by atoms with E-state index in [0.29, 0.717) is 6.42 Å². The number of likely N-dealkylation sites (N-methyl/N-ethyl adjacent to an activating group) is 1. The summed E-state index contributed by atoms with van der Waals surface area (Å²) < 4.78 is 21.8. The van der Waals surface area contributed by atoms with Gasteiger partial charge in [0, 0.05) is 45.3 Å². The summed E-state index contributed by atoms with van der Waals surface area (Å²) in [6.45, 7) is 2.77. The van der Waals surface area contributed by atoms with Crippen LogP contribution < -0.4 is 18.9 Å². The Bertz CT molecular complexity index is 843. The molecule has 167 valence electrons. The van der Waals surface area contributed by atoms with Crippen molar-refractivity contribution in [2.45, 2.75) is 32.2 Å². The monoisotopic (exact) mass is 503 g/mol. The van der Waals surface area contributed by atoms with Crippen LogP contribution >= 0.6 is 0 Å². The van der Waals surface area contributed by atoms with Gasteiger partial charge in [0.05, 0.1) is 28.4 Å². The maximum absolute atomic E-state index is 9.05. The Labute approximate surface area is 211 Å². The molecule has 2 aromatic carbocycles. The van der Waals surface area contributed by atoms with Crippen LogP contribution in [0.1, 0.15) is 36.1 Å². The van der Waals surface area contributed by atoms with Crippen LogP contribution in [0, 0.1) is 0 Å². The topological polar surface area (TPSA) is 57.2 Å². The number of carbonyl (C=O) groups excluding carboxylic acids is 1. The molecule has 1 aliphatic heterocycles. The summed E-state index contributed by atoms with van der Waals surface area (Å²) in [4.78, 5) is 11.4. The van der Waals surface area contributed by atoms with Crippen LogP contribution in [0.15, 0.2) is 30.3 Å². The van der Waals surface area contributed by atoms with E-state index in [9.17, 15) is 0 Å². The molecule has 0 saturated heterocycles. The van der Waals surface area contributed by atoms with Gasteiger partial charge in [0.2, 0.25) is 0 Å². The normalized spacial score (nSPS) is 14.8. The van der Waals surface area contributed by atoms with Crippen LogP contribution in [0.4, 0.5) is 0 Å². The first-order chi connectivity index (χ1) is 14.5. The molecule has 3 rings (SSSR count). The minimum absolute atomic E-state index is 0. The van der Waals surface area contributed by atoms with Crippen LogP contribution in [0.25, 0.3) is 0 Å². The summed E-state index contributed by atoms with van der Waals surface area (Å²) in [6, 6.07) is 10.6. The van der Waals surface area contributed by atoms with Crippen LogP contribution in [0.2, 0.25) is 0 Å². The van der Waals surface area contributed by atoms with E-state index in [4.69, 9.17) is 23.7 Å². The first kappa shape index (κ1) is 27.4.